The summed E-state index contributed by atoms with van der Waals surface area (Å²) >= 11 is 10.7. The predicted molar refractivity (Wildman–Crippen MR) is 47.6 cm³/mol. The van der Waals surface area contributed by atoms with Crippen molar-refractivity contribution in [3.63, 3.8) is 0 Å². The fourth-order valence-electron chi connectivity index (χ4n) is 0.577. The molecule has 1 rings (SSSR count). The van der Waals surface area contributed by atoms with E-state index in [1.807, 2.05) is 18.2 Å². The lowest BCUT2D eigenvalue weighted by molar-refractivity contribution is 1.31. The molecule has 58 valence electrons. The average molecular weight is 189 g/mol. The second-order valence-electron chi connectivity index (χ2n) is 1.79. The molecule has 0 saturated carbocycles. The molecule has 0 aromatic carbocycles. The number of aromatic nitrogens is 1. The minimum absolute atomic E-state index is 0.177. The van der Waals surface area contributed by atoms with E-state index in [0.29, 0.717) is 5.82 Å². The Morgan fingerprint density at radius 1 is 1.45 bits per heavy atom. The first-order valence-electron chi connectivity index (χ1n) is 2.98. The summed E-state index contributed by atoms with van der Waals surface area (Å²) < 4.78 is 0.177. The van der Waals surface area contributed by atoms with Crippen LogP contribution in [0.4, 0.5) is 5.82 Å². The third-order valence-electron chi connectivity index (χ3n) is 0.994. The van der Waals surface area contributed by atoms with Gasteiger partial charge in [0.05, 0.1) is 0 Å². The Hall–Kier alpha value is -0.730. The number of pyridine rings is 1. The molecule has 11 heavy (non-hydrogen) atoms. The van der Waals surface area contributed by atoms with Crippen molar-refractivity contribution in [2.45, 2.75) is 0 Å². The standard InChI is InChI=1S/C7H6Cl2N2/c8-6(9)5-11-7-3-1-2-4-10-7/h1-5H,(H,10,11). The van der Waals surface area contributed by atoms with E-state index >= 15 is 0 Å². The van der Waals surface area contributed by atoms with Gasteiger partial charge in [-0.15, -0.1) is 0 Å². The highest BCUT2D eigenvalue weighted by Gasteiger charge is 1.86. The van der Waals surface area contributed by atoms with E-state index in [0.717, 1.165) is 0 Å². The molecular weight excluding hydrogens is 183 g/mol. The van der Waals surface area contributed by atoms with Gasteiger partial charge in [-0.3, -0.25) is 0 Å². The second-order valence-corrected chi connectivity index (χ2v) is 2.80. The minimum Gasteiger partial charge on any atom is -0.344 e. The number of hydrogen-bond donors (Lipinski definition) is 1. The van der Waals surface area contributed by atoms with Crippen molar-refractivity contribution in [3.8, 4) is 0 Å². The molecule has 0 spiro atoms. The van der Waals surface area contributed by atoms with Gasteiger partial charge in [-0.25, -0.2) is 4.98 Å². The van der Waals surface area contributed by atoms with E-state index in [1.165, 1.54) is 6.20 Å². The Morgan fingerprint density at radius 3 is 2.82 bits per heavy atom. The van der Waals surface area contributed by atoms with Crippen LogP contribution < -0.4 is 5.32 Å². The van der Waals surface area contributed by atoms with Crippen LogP contribution in [-0.2, 0) is 0 Å². The normalized spacial score (nSPS) is 8.91. The van der Waals surface area contributed by atoms with Gasteiger partial charge in [0.25, 0.3) is 0 Å². The predicted octanol–water partition coefficient (Wildman–Crippen LogP) is 2.77. The number of anilines is 1. The third kappa shape index (κ3) is 3.25. The van der Waals surface area contributed by atoms with E-state index < -0.39 is 0 Å². The Labute approximate surface area is 74.8 Å². The van der Waals surface area contributed by atoms with Crippen LogP contribution in [0.25, 0.3) is 0 Å². The van der Waals surface area contributed by atoms with E-state index in [-0.39, 0.29) is 4.49 Å². The molecule has 1 aromatic rings. The summed E-state index contributed by atoms with van der Waals surface area (Å²) in [4.78, 5) is 3.98. The van der Waals surface area contributed by atoms with Gasteiger partial charge in [-0.1, -0.05) is 29.3 Å². The van der Waals surface area contributed by atoms with E-state index in [1.54, 1.807) is 6.20 Å². The zero-order valence-corrected chi connectivity index (χ0v) is 7.10. The third-order valence-corrected chi connectivity index (χ3v) is 1.21. The molecule has 1 N–H and O–H groups in total. The van der Waals surface area contributed by atoms with Crippen molar-refractivity contribution < 1.29 is 0 Å². The fourth-order valence-corrected chi connectivity index (χ4v) is 0.686. The van der Waals surface area contributed by atoms with Gasteiger partial charge < -0.3 is 5.32 Å². The number of nitrogens with one attached hydrogen (secondary N) is 1. The first-order valence-corrected chi connectivity index (χ1v) is 3.73. The van der Waals surface area contributed by atoms with Crippen molar-refractivity contribution in [2.75, 3.05) is 5.32 Å². The molecule has 0 unspecified atom stereocenters. The maximum atomic E-state index is 5.36. The molecular formula is C7H6Cl2N2. The van der Waals surface area contributed by atoms with Gasteiger partial charge in [0.2, 0.25) is 0 Å². The maximum Gasteiger partial charge on any atom is 0.129 e. The van der Waals surface area contributed by atoms with Crippen LogP contribution in [-0.4, -0.2) is 4.98 Å². The van der Waals surface area contributed by atoms with E-state index in [4.69, 9.17) is 23.2 Å². The highest BCUT2D eigenvalue weighted by Crippen LogP contribution is 2.07. The largest absolute Gasteiger partial charge is 0.344 e. The zero-order chi connectivity index (χ0) is 8.10. The fraction of sp³-hybridized carbons (Fsp3) is 0. The van der Waals surface area contributed by atoms with Gasteiger partial charge in [-0.2, -0.15) is 0 Å². The van der Waals surface area contributed by atoms with Gasteiger partial charge in [0.1, 0.15) is 10.3 Å². The minimum atomic E-state index is 0.177. The van der Waals surface area contributed by atoms with Crippen LogP contribution in [0, 0.1) is 0 Å². The summed E-state index contributed by atoms with van der Waals surface area (Å²) in [5, 5.41) is 2.81. The summed E-state index contributed by atoms with van der Waals surface area (Å²) in [5.74, 6) is 0.714. The maximum absolute atomic E-state index is 5.36. The van der Waals surface area contributed by atoms with Gasteiger partial charge >= 0.3 is 0 Å². The summed E-state index contributed by atoms with van der Waals surface area (Å²) in [6.45, 7) is 0. The monoisotopic (exact) mass is 188 g/mol. The average Bonchev–Trinajstić information content (AvgIpc) is 2.03. The lowest BCUT2D eigenvalue weighted by Gasteiger charge is -1.96. The second kappa shape index (κ2) is 4.21. The quantitative estimate of drug-likeness (QED) is 0.773. The first kappa shape index (κ1) is 8.37. The molecule has 0 atom stereocenters. The summed E-state index contributed by atoms with van der Waals surface area (Å²) in [7, 11) is 0. The molecule has 0 fully saturated rings. The van der Waals surface area contributed by atoms with E-state index in [2.05, 4.69) is 10.3 Å². The Kier molecular flexibility index (Phi) is 3.20. The van der Waals surface area contributed by atoms with Crippen LogP contribution >= 0.6 is 23.2 Å². The first-order chi connectivity index (χ1) is 5.29. The molecule has 1 aromatic heterocycles. The molecule has 4 heteroatoms. The van der Waals surface area contributed by atoms with Crippen LogP contribution in [0.1, 0.15) is 0 Å². The molecule has 0 bridgehead atoms. The van der Waals surface area contributed by atoms with Crippen LogP contribution in [0.15, 0.2) is 35.1 Å². The molecule has 0 aliphatic carbocycles. The van der Waals surface area contributed by atoms with Crippen LogP contribution in [0.5, 0.6) is 0 Å². The van der Waals surface area contributed by atoms with Crippen LogP contribution in [0.3, 0.4) is 0 Å². The van der Waals surface area contributed by atoms with Crippen molar-refractivity contribution in [2.24, 2.45) is 0 Å². The smallest absolute Gasteiger partial charge is 0.129 e. The molecule has 2 nitrogen and oxygen atoms in total. The van der Waals surface area contributed by atoms with Crippen molar-refractivity contribution in [1.82, 2.24) is 4.98 Å². The molecule has 0 saturated heterocycles. The number of nitrogens with zero attached hydrogens (tertiary/aromatic N) is 1. The van der Waals surface area contributed by atoms with Gasteiger partial charge in [0, 0.05) is 12.4 Å². The molecule has 0 amide bonds. The lowest BCUT2D eigenvalue weighted by Crippen LogP contribution is -1.89. The Morgan fingerprint density at radius 2 is 2.27 bits per heavy atom. The van der Waals surface area contributed by atoms with E-state index in [9.17, 15) is 0 Å². The molecule has 0 aliphatic rings. The summed E-state index contributed by atoms with van der Waals surface area (Å²) in [6, 6.07) is 5.51. The van der Waals surface area contributed by atoms with Crippen molar-refractivity contribution >= 4 is 29.0 Å². The molecule has 0 radical (unpaired) electrons. The van der Waals surface area contributed by atoms with Gasteiger partial charge in [-0.05, 0) is 12.1 Å². The number of hydrogen-bond acceptors (Lipinski definition) is 2. The van der Waals surface area contributed by atoms with Crippen molar-refractivity contribution in [3.05, 3.63) is 35.1 Å². The number of halogens is 2. The summed E-state index contributed by atoms with van der Waals surface area (Å²) in [5.41, 5.74) is 0. The van der Waals surface area contributed by atoms with Gasteiger partial charge in [0.15, 0.2) is 0 Å². The Bertz CT molecular complexity index is 242. The summed E-state index contributed by atoms with van der Waals surface area (Å²) in [6.07, 6.45) is 3.14. The highest BCUT2D eigenvalue weighted by atomic mass is 35.5. The lowest BCUT2D eigenvalue weighted by atomic mass is 10.5. The number of rotatable bonds is 2. The molecule has 1 heterocycles. The SMILES string of the molecule is ClC(Cl)=CNc1ccccn1. The highest BCUT2D eigenvalue weighted by molar-refractivity contribution is 6.55. The zero-order valence-electron chi connectivity index (χ0n) is 5.59. The molecule has 0 aliphatic heterocycles. The Balaban J connectivity index is 2.59. The topological polar surface area (TPSA) is 24.9 Å². The van der Waals surface area contributed by atoms with Crippen molar-refractivity contribution in [1.29, 1.82) is 0 Å². The van der Waals surface area contributed by atoms with Crippen LogP contribution in [0.2, 0.25) is 0 Å².